The molecule has 0 amide bonds. The molecule has 0 unspecified atom stereocenters. The second-order valence-corrected chi connectivity index (χ2v) is 5.83. The van der Waals surface area contributed by atoms with Gasteiger partial charge in [-0.15, -0.1) is 0 Å². The second-order valence-electron chi connectivity index (χ2n) is 5.83. The van der Waals surface area contributed by atoms with Gasteiger partial charge in [-0.25, -0.2) is 9.97 Å². The Labute approximate surface area is 114 Å². The Kier molecular flexibility index (Phi) is 3.31. The normalized spacial score (nSPS) is 21.5. The summed E-state index contributed by atoms with van der Waals surface area (Å²) in [4.78, 5) is 14.0. The monoisotopic (exact) mass is 261 g/mol. The van der Waals surface area contributed by atoms with Crippen LogP contribution in [0, 0.1) is 6.92 Å². The van der Waals surface area contributed by atoms with Gasteiger partial charge in [0.1, 0.15) is 17.5 Å². The maximum atomic E-state index is 6.07. The van der Waals surface area contributed by atoms with E-state index in [0.29, 0.717) is 11.7 Å². The van der Waals surface area contributed by atoms with Crippen molar-refractivity contribution in [3.63, 3.8) is 0 Å². The van der Waals surface area contributed by atoms with Crippen LogP contribution in [0.5, 0.6) is 0 Å². The summed E-state index contributed by atoms with van der Waals surface area (Å²) in [5.74, 6) is 3.22. The fourth-order valence-corrected chi connectivity index (χ4v) is 2.63. The predicted molar refractivity (Wildman–Crippen MR) is 77.5 cm³/mol. The minimum absolute atomic E-state index is 0.552. The van der Waals surface area contributed by atoms with Crippen LogP contribution >= 0.6 is 0 Å². The molecule has 2 fully saturated rings. The summed E-state index contributed by atoms with van der Waals surface area (Å²) in [5, 5.41) is 0. The molecule has 19 heavy (non-hydrogen) atoms. The Balaban J connectivity index is 1.89. The van der Waals surface area contributed by atoms with E-state index in [-0.39, 0.29) is 0 Å². The molecule has 2 aliphatic rings. The highest BCUT2D eigenvalue weighted by molar-refractivity contribution is 5.57. The van der Waals surface area contributed by atoms with Crippen molar-refractivity contribution in [1.29, 1.82) is 0 Å². The minimum atomic E-state index is 0.552. The standard InChI is InChI=1S/C14H23N5/c1-10-12(15)16-13(11-4-5-11)17-14(10)19-7-3-6-18(2)8-9-19/h11H,3-9H2,1-2H3,(H2,15,16,17). The lowest BCUT2D eigenvalue weighted by Crippen LogP contribution is -2.30. The summed E-state index contributed by atoms with van der Waals surface area (Å²) < 4.78 is 0. The van der Waals surface area contributed by atoms with Gasteiger partial charge in [-0.3, -0.25) is 0 Å². The lowest BCUT2D eigenvalue weighted by Gasteiger charge is -2.24. The first kappa shape index (κ1) is 12.7. The average molecular weight is 261 g/mol. The molecular weight excluding hydrogens is 238 g/mol. The van der Waals surface area contributed by atoms with E-state index in [1.165, 1.54) is 19.3 Å². The Morgan fingerprint density at radius 2 is 1.89 bits per heavy atom. The number of likely N-dealkylation sites (N-methyl/N-ethyl adjacent to an activating group) is 1. The molecule has 104 valence electrons. The van der Waals surface area contributed by atoms with Crippen LogP contribution in [0.25, 0.3) is 0 Å². The van der Waals surface area contributed by atoms with Crippen molar-refractivity contribution in [3.05, 3.63) is 11.4 Å². The molecule has 2 heterocycles. The molecule has 3 rings (SSSR count). The summed E-state index contributed by atoms with van der Waals surface area (Å²) in [6, 6.07) is 0. The number of aromatic nitrogens is 2. The number of rotatable bonds is 2. The van der Waals surface area contributed by atoms with Crippen LogP contribution in [-0.2, 0) is 0 Å². The maximum Gasteiger partial charge on any atom is 0.137 e. The predicted octanol–water partition coefficient (Wildman–Crippen LogP) is 1.39. The van der Waals surface area contributed by atoms with Crippen LogP contribution in [0.1, 0.15) is 36.6 Å². The van der Waals surface area contributed by atoms with Gasteiger partial charge in [0.25, 0.3) is 0 Å². The van der Waals surface area contributed by atoms with Crippen molar-refractivity contribution in [3.8, 4) is 0 Å². The smallest absolute Gasteiger partial charge is 0.137 e. The van der Waals surface area contributed by atoms with E-state index in [9.17, 15) is 0 Å². The Hall–Kier alpha value is -1.36. The third-order valence-electron chi connectivity index (χ3n) is 4.14. The van der Waals surface area contributed by atoms with Crippen molar-refractivity contribution in [1.82, 2.24) is 14.9 Å². The summed E-state index contributed by atoms with van der Waals surface area (Å²) >= 11 is 0. The van der Waals surface area contributed by atoms with Gasteiger partial charge in [-0.05, 0) is 39.8 Å². The zero-order valence-electron chi connectivity index (χ0n) is 11.9. The fraction of sp³-hybridized carbons (Fsp3) is 0.714. The topological polar surface area (TPSA) is 58.3 Å². The number of hydrogen-bond donors (Lipinski definition) is 1. The fourth-order valence-electron chi connectivity index (χ4n) is 2.63. The zero-order chi connectivity index (χ0) is 13.4. The van der Waals surface area contributed by atoms with Crippen LogP contribution in [-0.4, -0.2) is 48.1 Å². The first-order valence-corrected chi connectivity index (χ1v) is 7.22. The number of nitrogens with two attached hydrogens (primary N) is 1. The third kappa shape index (κ3) is 2.66. The quantitative estimate of drug-likeness (QED) is 0.871. The van der Waals surface area contributed by atoms with E-state index >= 15 is 0 Å². The molecular formula is C14H23N5. The average Bonchev–Trinajstić information content (AvgIpc) is 3.20. The summed E-state index contributed by atoms with van der Waals surface area (Å²) in [5.41, 5.74) is 7.11. The van der Waals surface area contributed by atoms with Crippen LogP contribution in [0.15, 0.2) is 0 Å². The Bertz CT molecular complexity index is 469. The van der Waals surface area contributed by atoms with Crippen molar-refractivity contribution < 1.29 is 0 Å². The highest BCUT2D eigenvalue weighted by Gasteiger charge is 2.29. The van der Waals surface area contributed by atoms with Gasteiger partial charge in [0.15, 0.2) is 0 Å². The minimum Gasteiger partial charge on any atom is -0.383 e. The molecule has 2 N–H and O–H groups in total. The first-order valence-electron chi connectivity index (χ1n) is 7.22. The molecule has 0 radical (unpaired) electrons. The molecule has 1 aliphatic carbocycles. The van der Waals surface area contributed by atoms with Crippen LogP contribution in [0.2, 0.25) is 0 Å². The Morgan fingerprint density at radius 1 is 1.11 bits per heavy atom. The van der Waals surface area contributed by atoms with Crippen molar-refractivity contribution in [2.75, 3.05) is 43.9 Å². The molecule has 1 aromatic heterocycles. The lowest BCUT2D eigenvalue weighted by atomic mass is 10.2. The summed E-state index contributed by atoms with van der Waals surface area (Å²) in [6.07, 6.45) is 3.61. The number of nitrogens with zero attached hydrogens (tertiary/aromatic N) is 4. The van der Waals surface area contributed by atoms with Gasteiger partial charge < -0.3 is 15.5 Å². The van der Waals surface area contributed by atoms with E-state index < -0.39 is 0 Å². The molecule has 1 aliphatic heterocycles. The van der Waals surface area contributed by atoms with E-state index in [0.717, 1.165) is 43.4 Å². The number of hydrogen-bond acceptors (Lipinski definition) is 5. The largest absolute Gasteiger partial charge is 0.383 e. The molecule has 0 atom stereocenters. The summed E-state index contributed by atoms with van der Waals surface area (Å²) in [6.45, 7) is 6.37. The first-order chi connectivity index (χ1) is 9.15. The highest BCUT2D eigenvalue weighted by Crippen LogP contribution is 2.39. The maximum absolute atomic E-state index is 6.07. The lowest BCUT2D eigenvalue weighted by molar-refractivity contribution is 0.360. The van der Waals surface area contributed by atoms with Gasteiger partial charge >= 0.3 is 0 Å². The molecule has 1 aromatic rings. The van der Waals surface area contributed by atoms with Crippen LogP contribution in [0.3, 0.4) is 0 Å². The Morgan fingerprint density at radius 3 is 2.63 bits per heavy atom. The van der Waals surface area contributed by atoms with Gasteiger partial charge in [0, 0.05) is 31.1 Å². The molecule has 5 heteroatoms. The molecule has 0 spiro atoms. The molecule has 5 nitrogen and oxygen atoms in total. The van der Waals surface area contributed by atoms with E-state index in [1.807, 2.05) is 6.92 Å². The van der Waals surface area contributed by atoms with Gasteiger partial charge in [-0.1, -0.05) is 0 Å². The SMILES string of the molecule is Cc1c(N)nc(C2CC2)nc1N1CCCN(C)CC1. The number of anilines is 2. The van der Waals surface area contributed by atoms with E-state index in [1.54, 1.807) is 0 Å². The van der Waals surface area contributed by atoms with Gasteiger partial charge in [0.05, 0.1) is 0 Å². The van der Waals surface area contributed by atoms with Crippen LogP contribution < -0.4 is 10.6 Å². The van der Waals surface area contributed by atoms with Gasteiger partial charge in [-0.2, -0.15) is 0 Å². The second kappa shape index (κ2) is 4.96. The summed E-state index contributed by atoms with van der Waals surface area (Å²) in [7, 11) is 2.18. The highest BCUT2D eigenvalue weighted by atomic mass is 15.2. The molecule has 1 saturated carbocycles. The van der Waals surface area contributed by atoms with E-state index in [4.69, 9.17) is 10.7 Å². The molecule has 1 saturated heterocycles. The molecule has 0 aromatic carbocycles. The number of nitrogen functional groups attached to an aromatic ring is 1. The zero-order valence-corrected chi connectivity index (χ0v) is 11.9. The van der Waals surface area contributed by atoms with Crippen molar-refractivity contribution in [2.45, 2.75) is 32.1 Å². The molecule has 0 bridgehead atoms. The van der Waals surface area contributed by atoms with Crippen molar-refractivity contribution >= 4 is 11.6 Å². The van der Waals surface area contributed by atoms with Crippen LogP contribution in [0.4, 0.5) is 11.6 Å². The van der Waals surface area contributed by atoms with Crippen molar-refractivity contribution in [2.24, 2.45) is 0 Å². The third-order valence-corrected chi connectivity index (χ3v) is 4.14. The van der Waals surface area contributed by atoms with Gasteiger partial charge in [0.2, 0.25) is 0 Å². The van der Waals surface area contributed by atoms with E-state index in [2.05, 4.69) is 21.8 Å².